The highest BCUT2D eigenvalue weighted by Gasteiger charge is 2.41. The molecule has 0 bridgehead atoms. The molecule has 1 aliphatic heterocycles. The Bertz CT molecular complexity index is 914. The smallest absolute Gasteiger partial charge is 0.170 e. The van der Waals surface area contributed by atoms with Crippen LogP contribution in [0, 0.1) is 0 Å². The second kappa shape index (κ2) is 8.80. The number of unbranched alkanes of at least 4 members (excludes halogenated alkanes) is 1. The lowest BCUT2D eigenvalue weighted by molar-refractivity contribution is 0.257. The summed E-state index contributed by atoms with van der Waals surface area (Å²) in [4.78, 5) is 7.97. The van der Waals surface area contributed by atoms with E-state index < -0.39 is 0 Å². The van der Waals surface area contributed by atoms with Crippen molar-refractivity contribution in [1.82, 2.24) is 15.2 Å². The summed E-state index contributed by atoms with van der Waals surface area (Å²) in [5.41, 5.74) is 0.975. The van der Waals surface area contributed by atoms with Crippen LogP contribution in [0.5, 0.6) is 0 Å². The van der Waals surface area contributed by atoms with Crippen LogP contribution in [0.4, 0.5) is 0 Å². The fourth-order valence-corrected chi connectivity index (χ4v) is 4.57. The van der Waals surface area contributed by atoms with Gasteiger partial charge in [0, 0.05) is 17.6 Å². The number of nitrogens with one attached hydrogen (secondary N) is 1. The van der Waals surface area contributed by atoms with Crippen LogP contribution in [0.15, 0.2) is 81.3 Å². The molecule has 1 saturated heterocycles. The monoisotopic (exact) mass is 409 g/mol. The third kappa shape index (κ3) is 4.08. The van der Waals surface area contributed by atoms with Crippen LogP contribution in [0.3, 0.4) is 0 Å². The van der Waals surface area contributed by atoms with Gasteiger partial charge in [-0.25, -0.2) is 0 Å². The zero-order valence-electron chi connectivity index (χ0n) is 15.7. The minimum atomic E-state index is -0.0220. The molecule has 144 valence electrons. The minimum Gasteiger partial charge on any atom is -0.452 e. The first-order chi connectivity index (χ1) is 13.8. The van der Waals surface area contributed by atoms with E-state index in [4.69, 9.17) is 16.6 Å². The second-order valence-electron chi connectivity index (χ2n) is 6.75. The molecule has 4 rings (SSSR count). The Morgan fingerprint density at radius 1 is 1.11 bits per heavy atom. The van der Waals surface area contributed by atoms with Gasteiger partial charge in [0.2, 0.25) is 0 Å². The Balaban J connectivity index is 1.63. The Morgan fingerprint density at radius 2 is 1.93 bits per heavy atom. The SMILES string of the molecule is CCCCN1C(=S)N[C@@H](c2ccccn2)[C@H]1c1ccc(Sc2ccccc2)o1. The van der Waals surface area contributed by atoms with E-state index in [1.165, 1.54) is 0 Å². The largest absolute Gasteiger partial charge is 0.452 e. The topological polar surface area (TPSA) is 41.3 Å². The van der Waals surface area contributed by atoms with Crippen molar-refractivity contribution in [3.63, 3.8) is 0 Å². The molecule has 0 amide bonds. The molecular formula is C22H23N3OS2. The fraction of sp³-hybridized carbons (Fsp3) is 0.273. The van der Waals surface area contributed by atoms with Crippen molar-refractivity contribution >= 4 is 29.1 Å². The minimum absolute atomic E-state index is 0.000858. The first-order valence-electron chi connectivity index (χ1n) is 9.57. The van der Waals surface area contributed by atoms with Crippen LogP contribution in [0.1, 0.15) is 43.3 Å². The number of thiocarbonyl (C=S) groups is 1. The number of benzene rings is 1. The van der Waals surface area contributed by atoms with Gasteiger partial charge in [-0.2, -0.15) is 0 Å². The summed E-state index contributed by atoms with van der Waals surface area (Å²) in [7, 11) is 0. The normalized spacial score (nSPS) is 19.0. The van der Waals surface area contributed by atoms with Crippen LogP contribution in [-0.2, 0) is 0 Å². The van der Waals surface area contributed by atoms with Crippen LogP contribution in [-0.4, -0.2) is 21.5 Å². The molecule has 0 saturated carbocycles. The molecule has 28 heavy (non-hydrogen) atoms. The van der Waals surface area contributed by atoms with Gasteiger partial charge in [0.05, 0.1) is 11.7 Å². The van der Waals surface area contributed by atoms with E-state index in [9.17, 15) is 0 Å². The molecule has 0 spiro atoms. The van der Waals surface area contributed by atoms with Gasteiger partial charge in [-0.1, -0.05) is 49.4 Å². The lowest BCUT2D eigenvalue weighted by Crippen LogP contribution is -2.30. The van der Waals surface area contributed by atoms with Gasteiger partial charge in [0.15, 0.2) is 10.2 Å². The molecular weight excluding hydrogens is 386 g/mol. The van der Waals surface area contributed by atoms with Gasteiger partial charge in [-0.3, -0.25) is 4.98 Å². The molecule has 0 radical (unpaired) electrons. The van der Waals surface area contributed by atoms with Gasteiger partial charge in [-0.15, -0.1) is 0 Å². The third-order valence-corrected chi connectivity index (χ3v) is 6.09. The van der Waals surface area contributed by atoms with Crippen LogP contribution < -0.4 is 5.32 Å². The molecule has 2 atom stereocenters. The summed E-state index contributed by atoms with van der Waals surface area (Å²) in [6.07, 6.45) is 4.03. The van der Waals surface area contributed by atoms with Gasteiger partial charge >= 0.3 is 0 Å². The highest BCUT2D eigenvalue weighted by Crippen LogP contribution is 2.41. The molecule has 0 unspecified atom stereocenters. The lowest BCUT2D eigenvalue weighted by Gasteiger charge is -2.25. The fourth-order valence-electron chi connectivity index (χ4n) is 3.44. The molecule has 1 aromatic carbocycles. The third-order valence-electron chi connectivity index (χ3n) is 4.81. The Morgan fingerprint density at radius 3 is 2.68 bits per heavy atom. The van der Waals surface area contributed by atoms with Crippen LogP contribution in [0.25, 0.3) is 0 Å². The van der Waals surface area contributed by atoms with E-state index in [1.807, 2.05) is 48.7 Å². The van der Waals surface area contributed by atoms with Gasteiger partial charge in [-0.05, 0) is 55.0 Å². The van der Waals surface area contributed by atoms with Gasteiger partial charge < -0.3 is 14.6 Å². The Labute approximate surface area is 175 Å². The Kier molecular flexibility index (Phi) is 5.98. The predicted octanol–water partition coefficient (Wildman–Crippen LogP) is 5.60. The maximum atomic E-state index is 6.28. The zero-order valence-corrected chi connectivity index (χ0v) is 17.4. The van der Waals surface area contributed by atoms with Crippen molar-refractivity contribution in [2.75, 3.05) is 6.54 Å². The molecule has 1 aliphatic rings. The van der Waals surface area contributed by atoms with Crippen molar-refractivity contribution in [1.29, 1.82) is 0 Å². The van der Waals surface area contributed by atoms with E-state index >= 15 is 0 Å². The van der Waals surface area contributed by atoms with Gasteiger partial charge in [0.1, 0.15) is 11.8 Å². The maximum absolute atomic E-state index is 6.28. The number of nitrogens with zero attached hydrogens (tertiary/aromatic N) is 2. The average Bonchev–Trinajstić information content (AvgIpc) is 3.31. The Hall–Kier alpha value is -2.31. The van der Waals surface area contributed by atoms with E-state index in [1.54, 1.807) is 11.8 Å². The number of rotatable bonds is 7. The van der Waals surface area contributed by atoms with Crippen molar-refractivity contribution in [3.8, 4) is 0 Å². The molecule has 1 N–H and O–H groups in total. The van der Waals surface area contributed by atoms with Crippen molar-refractivity contribution in [2.24, 2.45) is 0 Å². The van der Waals surface area contributed by atoms with Crippen LogP contribution >= 0.6 is 24.0 Å². The molecule has 4 nitrogen and oxygen atoms in total. The number of aromatic nitrogens is 1. The predicted molar refractivity (Wildman–Crippen MR) is 116 cm³/mol. The summed E-state index contributed by atoms with van der Waals surface area (Å²) in [5.74, 6) is 0.914. The first-order valence-corrected chi connectivity index (χ1v) is 10.8. The number of pyridine rings is 1. The van der Waals surface area contributed by atoms with Crippen molar-refractivity contribution in [2.45, 2.75) is 41.8 Å². The number of furan rings is 1. The quantitative estimate of drug-likeness (QED) is 0.512. The van der Waals surface area contributed by atoms with Crippen molar-refractivity contribution in [3.05, 3.63) is 78.3 Å². The second-order valence-corrected chi connectivity index (χ2v) is 8.21. The molecule has 1 fully saturated rings. The van der Waals surface area contributed by atoms with E-state index in [0.29, 0.717) is 0 Å². The maximum Gasteiger partial charge on any atom is 0.170 e. The van der Waals surface area contributed by atoms with E-state index in [2.05, 4.69) is 40.3 Å². The molecule has 3 heterocycles. The molecule has 2 aromatic heterocycles. The summed E-state index contributed by atoms with van der Waals surface area (Å²) in [6.45, 7) is 3.09. The molecule has 6 heteroatoms. The zero-order chi connectivity index (χ0) is 19.3. The summed E-state index contributed by atoms with van der Waals surface area (Å²) < 4.78 is 6.28. The highest BCUT2D eigenvalue weighted by atomic mass is 32.2. The standard InChI is InChI=1S/C22H23N3OS2/c1-2-3-15-25-21(20(24-22(25)27)17-11-7-8-14-23-17)18-12-13-19(26-18)28-16-9-5-4-6-10-16/h4-14,20-21H,2-3,15H2,1H3,(H,24,27)/t20-,21+/m0/s1. The summed E-state index contributed by atoms with van der Waals surface area (Å²) >= 11 is 7.29. The summed E-state index contributed by atoms with van der Waals surface area (Å²) in [6, 6.07) is 20.3. The molecule has 0 aliphatic carbocycles. The van der Waals surface area contributed by atoms with E-state index in [-0.39, 0.29) is 12.1 Å². The molecule has 3 aromatic rings. The van der Waals surface area contributed by atoms with E-state index in [0.717, 1.165) is 45.9 Å². The van der Waals surface area contributed by atoms with Crippen molar-refractivity contribution < 1.29 is 4.42 Å². The summed E-state index contributed by atoms with van der Waals surface area (Å²) in [5, 5.41) is 5.11. The lowest BCUT2D eigenvalue weighted by atomic mass is 10.0. The van der Waals surface area contributed by atoms with Gasteiger partial charge in [0.25, 0.3) is 0 Å². The number of hydrogen-bond donors (Lipinski definition) is 1. The number of hydrogen-bond acceptors (Lipinski definition) is 4. The van der Waals surface area contributed by atoms with Crippen LogP contribution in [0.2, 0.25) is 0 Å². The highest BCUT2D eigenvalue weighted by molar-refractivity contribution is 7.99. The average molecular weight is 410 g/mol. The first kappa shape index (κ1) is 19.0.